The van der Waals surface area contributed by atoms with Gasteiger partial charge in [0, 0.05) is 44.9 Å². The summed E-state index contributed by atoms with van der Waals surface area (Å²) in [7, 11) is 0. The fraction of sp³-hybridized carbons (Fsp3) is 0.645. The van der Waals surface area contributed by atoms with Crippen molar-refractivity contribution in [1.29, 1.82) is 0 Å². The first-order chi connectivity index (χ1) is 24.5. The maximum atomic E-state index is 13.8. The minimum Gasteiger partial charge on any atom is -0.480 e. The molecule has 1 rings (SSSR count). The zero-order valence-electron chi connectivity index (χ0n) is 30.0. The van der Waals surface area contributed by atoms with Crippen LogP contribution in [0.25, 0.3) is 0 Å². The van der Waals surface area contributed by atoms with Gasteiger partial charge in [-0.1, -0.05) is 13.8 Å². The Labute approximate surface area is 302 Å². The van der Waals surface area contributed by atoms with Crippen LogP contribution >= 0.6 is 0 Å². The number of amides is 5. The number of aliphatic imine (C=N–C) groups is 2. The summed E-state index contributed by atoms with van der Waals surface area (Å²) < 4.78 is 0. The molecule has 5 amide bonds. The van der Waals surface area contributed by atoms with Crippen LogP contribution in [0.3, 0.4) is 0 Å². The lowest BCUT2D eigenvalue weighted by molar-refractivity contribution is -0.143. The summed E-state index contributed by atoms with van der Waals surface area (Å²) in [6.45, 7) is 5.31. The van der Waals surface area contributed by atoms with Gasteiger partial charge in [0.2, 0.25) is 29.5 Å². The first-order valence-corrected chi connectivity index (χ1v) is 17.0. The zero-order chi connectivity index (χ0) is 39.2. The van der Waals surface area contributed by atoms with Gasteiger partial charge in [-0.3, -0.25) is 34.0 Å². The van der Waals surface area contributed by atoms with Crippen LogP contribution in [0.5, 0.6) is 0 Å². The molecular formula is C31H56N14O7. The highest BCUT2D eigenvalue weighted by atomic mass is 16.4. The number of aliphatic carboxylic acids is 1. The second-order valence-corrected chi connectivity index (χ2v) is 12.5. The lowest BCUT2D eigenvalue weighted by Crippen LogP contribution is -2.59. The largest absolute Gasteiger partial charge is 0.480 e. The van der Waals surface area contributed by atoms with Gasteiger partial charge in [-0.25, -0.2) is 9.78 Å². The minimum atomic E-state index is -1.25. The molecular weight excluding hydrogens is 680 g/mol. The average molecular weight is 737 g/mol. The fourth-order valence-corrected chi connectivity index (χ4v) is 4.85. The van der Waals surface area contributed by atoms with E-state index in [0.29, 0.717) is 31.5 Å². The van der Waals surface area contributed by atoms with E-state index in [4.69, 9.17) is 28.7 Å². The maximum Gasteiger partial charge on any atom is 0.326 e. The van der Waals surface area contributed by atoms with Gasteiger partial charge in [0.25, 0.3) is 0 Å². The number of carboxylic acids is 1. The van der Waals surface area contributed by atoms with E-state index < -0.39 is 65.7 Å². The number of carbonyl (C=O) groups is 6. The van der Waals surface area contributed by atoms with Crippen LogP contribution in [0.1, 0.15) is 71.4 Å². The van der Waals surface area contributed by atoms with Gasteiger partial charge in [-0.15, -0.1) is 0 Å². The standard InChI is InChI=1S/C31H56N14O7/c1-17(2)24(29(51)52)45-27(49)21(9-4-5-11-38-18(3)46)42-26(48)22(10-7-13-40-31(35)36)43-28(50)23(14-19-15-37-16-41-19)44-25(47)20(32)8-6-12-39-30(33)34/h15-17,20-24H,4-14,32H2,1-3H3,(H,37,41)(H,38,46)(H,42,48)(H,43,50)(H,44,47)(H,45,49)(H,51,52)(H4,33,34,39)(H4,35,36,40)/t20-,21-,22-,23-,24-/m0/s1. The quantitative estimate of drug-likeness (QED) is 0.0262. The number of unbranched alkanes of at least 4 members (excludes halogenated alkanes) is 1. The van der Waals surface area contributed by atoms with Crippen LogP contribution in [0.2, 0.25) is 0 Å². The molecule has 0 saturated heterocycles. The molecule has 0 bridgehead atoms. The third-order valence-corrected chi connectivity index (χ3v) is 7.65. The van der Waals surface area contributed by atoms with Crippen molar-refractivity contribution in [3.8, 4) is 0 Å². The Morgan fingerprint density at radius 1 is 0.769 bits per heavy atom. The molecule has 0 aliphatic rings. The van der Waals surface area contributed by atoms with Crippen LogP contribution in [0.15, 0.2) is 22.5 Å². The molecule has 0 radical (unpaired) electrons. The maximum absolute atomic E-state index is 13.8. The molecule has 52 heavy (non-hydrogen) atoms. The molecule has 0 aromatic carbocycles. The normalized spacial score (nSPS) is 13.7. The Morgan fingerprint density at radius 2 is 1.29 bits per heavy atom. The first-order valence-electron chi connectivity index (χ1n) is 17.0. The van der Waals surface area contributed by atoms with E-state index >= 15 is 0 Å². The average Bonchev–Trinajstić information content (AvgIpc) is 3.58. The van der Waals surface area contributed by atoms with Gasteiger partial charge in [0.15, 0.2) is 11.9 Å². The van der Waals surface area contributed by atoms with Gasteiger partial charge in [0.1, 0.15) is 24.2 Å². The molecule has 21 heteroatoms. The van der Waals surface area contributed by atoms with Gasteiger partial charge in [0.05, 0.1) is 12.4 Å². The third kappa shape index (κ3) is 18.5. The van der Waals surface area contributed by atoms with Crippen LogP contribution in [0, 0.1) is 5.92 Å². The summed E-state index contributed by atoms with van der Waals surface area (Å²) in [5.41, 5.74) is 28.1. The molecule has 1 aromatic heterocycles. The van der Waals surface area contributed by atoms with Gasteiger partial charge >= 0.3 is 5.97 Å². The Bertz CT molecular complexity index is 1360. The predicted molar refractivity (Wildman–Crippen MR) is 193 cm³/mol. The highest BCUT2D eigenvalue weighted by molar-refractivity contribution is 5.95. The number of aromatic nitrogens is 2. The molecule has 5 atom stereocenters. The van der Waals surface area contributed by atoms with Crippen molar-refractivity contribution >= 4 is 47.4 Å². The predicted octanol–water partition coefficient (Wildman–Crippen LogP) is -3.63. The number of carbonyl (C=O) groups excluding carboxylic acids is 5. The van der Waals surface area contributed by atoms with Crippen molar-refractivity contribution in [2.24, 2.45) is 44.6 Å². The SMILES string of the molecule is CC(=O)NCCCC[C@H](NC(=O)[C@H](CCCN=C(N)N)NC(=O)[C@H](Cc1cnc[nH]1)NC(=O)[C@@H](N)CCCN=C(N)N)C(=O)N[C@H](C(=O)O)C(C)C. The number of aromatic amines is 1. The molecule has 0 fully saturated rings. The highest BCUT2D eigenvalue weighted by Crippen LogP contribution is 2.09. The van der Waals surface area contributed by atoms with Crippen molar-refractivity contribution in [3.63, 3.8) is 0 Å². The summed E-state index contributed by atoms with van der Waals surface area (Å²) in [5, 5.41) is 22.7. The van der Waals surface area contributed by atoms with E-state index in [9.17, 15) is 33.9 Å². The molecule has 21 nitrogen and oxygen atoms in total. The molecule has 292 valence electrons. The Morgan fingerprint density at radius 3 is 1.79 bits per heavy atom. The van der Waals surface area contributed by atoms with E-state index in [-0.39, 0.29) is 63.0 Å². The number of nitrogens with one attached hydrogen (secondary N) is 6. The Balaban J connectivity index is 3.27. The summed E-state index contributed by atoms with van der Waals surface area (Å²) in [6.07, 6.45) is 4.63. The molecule has 17 N–H and O–H groups in total. The van der Waals surface area contributed by atoms with Gasteiger partial charge in [-0.05, 0) is 50.9 Å². The van der Waals surface area contributed by atoms with E-state index in [1.54, 1.807) is 13.8 Å². The number of nitrogens with zero attached hydrogens (tertiary/aromatic N) is 3. The number of guanidine groups is 2. The fourth-order valence-electron chi connectivity index (χ4n) is 4.85. The number of carboxylic acid groups (broad SMARTS) is 1. The minimum absolute atomic E-state index is 0.0179. The van der Waals surface area contributed by atoms with Crippen LogP contribution in [-0.4, -0.2) is 112 Å². The van der Waals surface area contributed by atoms with Crippen molar-refractivity contribution in [2.45, 2.75) is 102 Å². The van der Waals surface area contributed by atoms with Crippen molar-refractivity contribution in [1.82, 2.24) is 36.6 Å². The first kappa shape index (κ1) is 44.6. The zero-order valence-corrected chi connectivity index (χ0v) is 30.0. The number of imidazole rings is 1. The molecule has 0 unspecified atom stereocenters. The molecule has 0 spiro atoms. The second-order valence-electron chi connectivity index (χ2n) is 12.5. The topological polar surface area (TPSA) is 366 Å². The number of rotatable bonds is 25. The molecule has 0 saturated carbocycles. The molecule has 0 aliphatic heterocycles. The number of hydrogen-bond acceptors (Lipinski definition) is 10. The highest BCUT2D eigenvalue weighted by Gasteiger charge is 2.32. The Hall–Kier alpha value is -5.47. The van der Waals surface area contributed by atoms with Crippen LogP contribution in [0.4, 0.5) is 0 Å². The van der Waals surface area contributed by atoms with Crippen LogP contribution < -0.4 is 55.3 Å². The van der Waals surface area contributed by atoms with Crippen molar-refractivity contribution in [3.05, 3.63) is 18.2 Å². The molecule has 1 heterocycles. The molecule has 1 aromatic rings. The Kier molecular flexibility index (Phi) is 20.4. The summed E-state index contributed by atoms with van der Waals surface area (Å²) in [6, 6.07) is -5.88. The number of hydrogen-bond donors (Lipinski definition) is 12. The van der Waals surface area contributed by atoms with Gasteiger partial charge < -0.3 is 65.3 Å². The second kappa shape index (κ2) is 23.8. The van der Waals surface area contributed by atoms with Crippen molar-refractivity contribution in [2.75, 3.05) is 19.6 Å². The lowest BCUT2D eigenvalue weighted by atomic mass is 10.0. The monoisotopic (exact) mass is 736 g/mol. The number of nitrogens with two attached hydrogens (primary N) is 5. The van der Waals surface area contributed by atoms with E-state index in [2.05, 4.69) is 46.5 Å². The summed E-state index contributed by atoms with van der Waals surface area (Å²) in [4.78, 5) is 91.7. The van der Waals surface area contributed by atoms with E-state index in [0.717, 1.165) is 0 Å². The van der Waals surface area contributed by atoms with Crippen molar-refractivity contribution < 1.29 is 33.9 Å². The smallest absolute Gasteiger partial charge is 0.326 e. The summed E-state index contributed by atoms with van der Waals surface area (Å²) >= 11 is 0. The van der Waals surface area contributed by atoms with E-state index in [1.807, 2.05) is 0 Å². The third-order valence-electron chi connectivity index (χ3n) is 7.65. The molecule has 0 aliphatic carbocycles. The number of H-pyrrole nitrogens is 1. The summed E-state index contributed by atoms with van der Waals surface area (Å²) in [5.74, 6) is -5.06. The van der Waals surface area contributed by atoms with E-state index in [1.165, 1.54) is 19.4 Å². The van der Waals surface area contributed by atoms with Gasteiger partial charge in [-0.2, -0.15) is 0 Å². The van der Waals surface area contributed by atoms with Crippen LogP contribution in [-0.2, 0) is 35.2 Å². The lowest BCUT2D eigenvalue weighted by Gasteiger charge is -2.27.